The van der Waals surface area contributed by atoms with Gasteiger partial charge in [0.25, 0.3) is 11.6 Å². The molecule has 1 atom stereocenters. The summed E-state index contributed by atoms with van der Waals surface area (Å²) in [6.45, 7) is 3.00. The first-order valence-corrected chi connectivity index (χ1v) is 7.09. The number of nitro groups is 1. The van der Waals surface area contributed by atoms with Crippen LogP contribution in [0, 0.1) is 17.0 Å². The number of rotatable bonds is 6. The fourth-order valence-corrected chi connectivity index (χ4v) is 1.90. The smallest absolute Gasteiger partial charge is 0.342 e. The molecule has 0 radical (unpaired) electrons. The average Bonchev–Trinajstić information content (AvgIpc) is 2.98. The van der Waals surface area contributed by atoms with Crippen LogP contribution in [-0.4, -0.2) is 35.2 Å². The van der Waals surface area contributed by atoms with Crippen molar-refractivity contribution in [1.29, 1.82) is 0 Å². The van der Waals surface area contributed by atoms with E-state index in [4.69, 9.17) is 14.0 Å². The summed E-state index contributed by atoms with van der Waals surface area (Å²) in [4.78, 5) is 34.4. The summed E-state index contributed by atoms with van der Waals surface area (Å²) in [7, 11) is 1.31. The standard InChI is InChI=1S/C15H15N3O7/c1-8-6-13(17-25-8)16-14(19)9(2)24-15(20)11-7-10(18(21)22)4-5-12(11)23-3/h4-7,9H,1-3H3,(H,16,17,19)/t9-/m1/s1. The quantitative estimate of drug-likeness (QED) is 0.476. The third kappa shape index (κ3) is 4.31. The number of carbonyl (C=O) groups is 2. The fourth-order valence-electron chi connectivity index (χ4n) is 1.90. The highest BCUT2D eigenvalue weighted by atomic mass is 16.6. The van der Waals surface area contributed by atoms with Crippen LogP contribution in [0.25, 0.3) is 0 Å². The number of benzene rings is 1. The van der Waals surface area contributed by atoms with Gasteiger partial charge >= 0.3 is 5.97 Å². The van der Waals surface area contributed by atoms with Gasteiger partial charge in [0.2, 0.25) is 0 Å². The van der Waals surface area contributed by atoms with E-state index in [0.29, 0.717) is 5.76 Å². The van der Waals surface area contributed by atoms with Crippen molar-refractivity contribution in [2.24, 2.45) is 0 Å². The molecule has 0 bridgehead atoms. The van der Waals surface area contributed by atoms with E-state index in [1.165, 1.54) is 32.2 Å². The molecule has 0 aliphatic rings. The number of nitrogens with one attached hydrogen (secondary N) is 1. The zero-order valence-electron chi connectivity index (χ0n) is 13.6. The number of esters is 1. The minimum absolute atomic E-state index is 0.0929. The normalized spacial score (nSPS) is 11.5. The lowest BCUT2D eigenvalue weighted by Crippen LogP contribution is -2.30. The summed E-state index contributed by atoms with van der Waals surface area (Å²) >= 11 is 0. The van der Waals surface area contributed by atoms with Crippen molar-refractivity contribution in [2.45, 2.75) is 20.0 Å². The van der Waals surface area contributed by atoms with Gasteiger partial charge in [0, 0.05) is 18.2 Å². The molecule has 0 unspecified atom stereocenters. The second kappa shape index (κ2) is 7.43. The van der Waals surface area contributed by atoms with Crippen LogP contribution in [0.5, 0.6) is 5.75 Å². The number of non-ortho nitro benzene ring substituents is 1. The van der Waals surface area contributed by atoms with Crippen molar-refractivity contribution >= 4 is 23.4 Å². The third-order valence-electron chi connectivity index (χ3n) is 3.15. The highest BCUT2D eigenvalue weighted by Gasteiger charge is 2.24. The molecule has 0 saturated heterocycles. The van der Waals surface area contributed by atoms with Crippen LogP contribution in [0.4, 0.5) is 11.5 Å². The maximum Gasteiger partial charge on any atom is 0.342 e. The molecule has 10 heteroatoms. The number of aryl methyl sites for hydroxylation is 1. The predicted molar refractivity (Wildman–Crippen MR) is 84.4 cm³/mol. The number of carbonyl (C=O) groups excluding carboxylic acids is 2. The Kier molecular flexibility index (Phi) is 5.32. The minimum Gasteiger partial charge on any atom is -0.496 e. The van der Waals surface area contributed by atoms with Crippen molar-refractivity contribution in [3.63, 3.8) is 0 Å². The van der Waals surface area contributed by atoms with Crippen molar-refractivity contribution in [2.75, 3.05) is 12.4 Å². The Balaban J connectivity index is 2.11. The number of methoxy groups -OCH3 is 1. The molecule has 1 heterocycles. The Bertz CT molecular complexity index is 815. The van der Waals surface area contributed by atoms with Crippen LogP contribution < -0.4 is 10.1 Å². The maximum atomic E-state index is 12.2. The Morgan fingerprint density at radius 3 is 2.64 bits per heavy atom. The van der Waals surface area contributed by atoms with E-state index >= 15 is 0 Å². The van der Waals surface area contributed by atoms with Crippen molar-refractivity contribution in [1.82, 2.24) is 5.16 Å². The van der Waals surface area contributed by atoms with Gasteiger partial charge < -0.3 is 19.3 Å². The lowest BCUT2D eigenvalue weighted by Gasteiger charge is -2.13. The molecule has 0 aliphatic heterocycles. The van der Waals surface area contributed by atoms with Gasteiger partial charge in [-0.2, -0.15) is 0 Å². The van der Waals surface area contributed by atoms with E-state index in [9.17, 15) is 19.7 Å². The van der Waals surface area contributed by atoms with Gasteiger partial charge in [0.05, 0.1) is 12.0 Å². The minimum atomic E-state index is -1.17. The fraction of sp³-hybridized carbons (Fsp3) is 0.267. The van der Waals surface area contributed by atoms with Gasteiger partial charge in [-0.1, -0.05) is 5.16 Å². The number of hydrogen-bond acceptors (Lipinski definition) is 8. The highest BCUT2D eigenvalue weighted by molar-refractivity contribution is 5.98. The Hall–Kier alpha value is -3.43. The summed E-state index contributed by atoms with van der Waals surface area (Å²) in [5, 5.41) is 16.9. The zero-order chi connectivity index (χ0) is 18.6. The lowest BCUT2D eigenvalue weighted by atomic mass is 10.1. The number of nitro benzene ring substituents is 1. The number of amides is 1. The van der Waals surface area contributed by atoms with E-state index in [2.05, 4.69) is 10.5 Å². The largest absolute Gasteiger partial charge is 0.496 e. The highest BCUT2D eigenvalue weighted by Crippen LogP contribution is 2.25. The first-order chi connectivity index (χ1) is 11.8. The molecule has 0 spiro atoms. The SMILES string of the molecule is COc1ccc([N+](=O)[O-])cc1C(=O)O[C@H](C)C(=O)Nc1cc(C)on1. The third-order valence-corrected chi connectivity index (χ3v) is 3.15. The van der Waals surface area contributed by atoms with E-state index in [1.54, 1.807) is 6.92 Å². The van der Waals surface area contributed by atoms with Gasteiger partial charge in [-0.3, -0.25) is 14.9 Å². The van der Waals surface area contributed by atoms with Crippen LogP contribution in [-0.2, 0) is 9.53 Å². The maximum absolute atomic E-state index is 12.2. The molecular formula is C15H15N3O7. The Morgan fingerprint density at radius 2 is 2.08 bits per heavy atom. The average molecular weight is 349 g/mol. The molecule has 2 rings (SSSR count). The van der Waals surface area contributed by atoms with Gasteiger partial charge in [0.1, 0.15) is 17.1 Å². The van der Waals surface area contributed by atoms with Crippen LogP contribution in [0.3, 0.4) is 0 Å². The summed E-state index contributed by atoms with van der Waals surface area (Å²) in [5.41, 5.74) is -0.462. The van der Waals surface area contributed by atoms with Crippen LogP contribution in [0.15, 0.2) is 28.8 Å². The van der Waals surface area contributed by atoms with Crippen molar-refractivity contribution in [3.8, 4) is 5.75 Å². The van der Waals surface area contributed by atoms with Gasteiger partial charge in [-0.25, -0.2) is 4.79 Å². The van der Waals surface area contributed by atoms with E-state index in [0.717, 1.165) is 6.07 Å². The number of nitrogens with zero attached hydrogens (tertiary/aromatic N) is 2. The second-order valence-electron chi connectivity index (χ2n) is 5.00. The first kappa shape index (κ1) is 17.9. The molecule has 0 saturated carbocycles. The Morgan fingerprint density at radius 1 is 1.36 bits per heavy atom. The van der Waals surface area contributed by atoms with Gasteiger partial charge in [-0.15, -0.1) is 0 Å². The Labute approximate surface area is 141 Å². The topological polar surface area (TPSA) is 134 Å². The predicted octanol–water partition coefficient (Wildman–Crippen LogP) is 2.08. The molecule has 1 aromatic carbocycles. The molecule has 1 amide bonds. The summed E-state index contributed by atoms with van der Waals surface area (Å²) in [6, 6.07) is 4.99. The summed E-state index contributed by atoms with van der Waals surface area (Å²) in [5.74, 6) is -0.791. The number of ether oxygens (including phenoxy) is 2. The first-order valence-electron chi connectivity index (χ1n) is 7.09. The molecule has 0 fully saturated rings. The van der Waals surface area contributed by atoms with Gasteiger partial charge in [0.15, 0.2) is 11.9 Å². The van der Waals surface area contributed by atoms with E-state index in [1.807, 2.05) is 0 Å². The van der Waals surface area contributed by atoms with Crippen LogP contribution >= 0.6 is 0 Å². The van der Waals surface area contributed by atoms with Crippen molar-refractivity contribution < 1.29 is 28.5 Å². The second-order valence-corrected chi connectivity index (χ2v) is 5.00. The molecule has 25 heavy (non-hydrogen) atoms. The molecular weight excluding hydrogens is 334 g/mol. The van der Waals surface area contributed by atoms with E-state index < -0.39 is 22.9 Å². The summed E-state index contributed by atoms with van der Waals surface area (Å²) < 4.78 is 14.8. The van der Waals surface area contributed by atoms with E-state index in [-0.39, 0.29) is 22.8 Å². The summed E-state index contributed by atoms with van der Waals surface area (Å²) in [6.07, 6.45) is -1.17. The number of aromatic nitrogens is 1. The van der Waals surface area contributed by atoms with Crippen molar-refractivity contribution in [3.05, 3.63) is 45.7 Å². The van der Waals surface area contributed by atoms with Crippen LogP contribution in [0.2, 0.25) is 0 Å². The number of hydrogen-bond donors (Lipinski definition) is 1. The molecule has 132 valence electrons. The molecule has 10 nitrogen and oxygen atoms in total. The van der Waals surface area contributed by atoms with Crippen LogP contribution in [0.1, 0.15) is 23.0 Å². The number of anilines is 1. The lowest BCUT2D eigenvalue weighted by molar-refractivity contribution is -0.384. The zero-order valence-corrected chi connectivity index (χ0v) is 13.6. The van der Waals surface area contributed by atoms with Gasteiger partial charge in [-0.05, 0) is 19.9 Å². The molecule has 2 aromatic rings. The molecule has 0 aliphatic carbocycles. The monoisotopic (exact) mass is 349 g/mol. The molecule has 1 N–H and O–H groups in total. The molecule has 1 aromatic heterocycles.